The van der Waals surface area contributed by atoms with Crippen molar-refractivity contribution >= 4 is 35.0 Å². The van der Waals surface area contributed by atoms with Gasteiger partial charge >= 0.3 is 6.18 Å². The minimum atomic E-state index is -4.44. The summed E-state index contributed by atoms with van der Waals surface area (Å²) < 4.78 is 40.9. The van der Waals surface area contributed by atoms with Crippen LogP contribution < -0.4 is 16.4 Å². The number of hydrogen-bond donors (Lipinski definition) is 3. The maximum absolute atomic E-state index is 13.6. The van der Waals surface area contributed by atoms with Crippen LogP contribution in [-0.2, 0) is 19.2 Å². The van der Waals surface area contributed by atoms with Crippen molar-refractivity contribution < 1.29 is 18.3 Å². The lowest BCUT2D eigenvalue weighted by molar-refractivity contribution is -0.138. The fourth-order valence-corrected chi connectivity index (χ4v) is 6.32. The number of fused-ring (bicyclic) bond motifs is 1. The molecule has 1 atom stereocenters. The zero-order chi connectivity index (χ0) is 25.7. The number of piperidine rings is 1. The molecular formula is C24H24ClF3N6OS. The summed E-state index contributed by atoms with van der Waals surface area (Å²) in [5.41, 5.74) is 12.5. The number of aromatic nitrogens is 3. The summed E-state index contributed by atoms with van der Waals surface area (Å²) in [6, 6.07) is 5.35. The van der Waals surface area contributed by atoms with Gasteiger partial charge in [-0.1, -0.05) is 35.5 Å². The van der Waals surface area contributed by atoms with Crippen molar-refractivity contribution in [1.29, 1.82) is 0 Å². The number of nitrogen functional groups attached to an aromatic ring is 1. The SMILES string of the molecule is Nc1nccc(Sc2cnc(N3CCC4(CC3)Cc3cccc(C(F)(F)F)c3[C@H]4N)c(CO)n2)c1Cl. The number of nitrogens with zero attached hydrogens (tertiary/aromatic N) is 4. The highest BCUT2D eigenvalue weighted by molar-refractivity contribution is 7.99. The van der Waals surface area contributed by atoms with Gasteiger partial charge in [0, 0.05) is 30.2 Å². The van der Waals surface area contributed by atoms with Gasteiger partial charge in [-0.15, -0.1) is 0 Å². The lowest BCUT2D eigenvalue weighted by atomic mass is 9.73. The van der Waals surface area contributed by atoms with Gasteiger partial charge in [0.25, 0.3) is 0 Å². The molecular weight excluding hydrogens is 513 g/mol. The molecule has 3 aromatic rings. The highest BCUT2D eigenvalue weighted by Crippen LogP contribution is 2.54. The predicted molar refractivity (Wildman–Crippen MR) is 132 cm³/mol. The van der Waals surface area contributed by atoms with Crippen LogP contribution in [-0.4, -0.2) is 33.1 Å². The van der Waals surface area contributed by atoms with E-state index in [9.17, 15) is 18.3 Å². The third-order valence-electron chi connectivity index (χ3n) is 7.12. The Morgan fingerprint density at radius 3 is 2.64 bits per heavy atom. The molecule has 1 saturated heterocycles. The lowest BCUT2D eigenvalue weighted by Crippen LogP contribution is -2.45. The van der Waals surface area contributed by atoms with Crippen LogP contribution in [0.4, 0.5) is 24.8 Å². The van der Waals surface area contributed by atoms with Crippen LogP contribution >= 0.6 is 23.4 Å². The van der Waals surface area contributed by atoms with Gasteiger partial charge in [0.2, 0.25) is 0 Å². The summed E-state index contributed by atoms with van der Waals surface area (Å²) in [6.45, 7) is 0.776. The van der Waals surface area contributed by atoms with Gasteiger partial charge in [-0.25, -0.2) is 15.0 Å². The molecule has 36 heavy (non-hydrogen) atoms. The molecule has 1 aliphatic carbocycles. The molecule has 0 saturated carbocycles. The van der Waals surface area contributed by atoms with Gasteiger partial charge in [0.15, 0.2) is 5.82 Å². The van der Waals surface area contributed by atoms with Crippen molar-refractivity contribution in [2.24, 2.45) is 11.1 Å². The number of anilines is 2. The number of alkyl halides is 3. The number of pyridine rings is 1. The highest BCUT2D eigenvalue weighted by Gasteiger charge is 2.49. The van der Waals surface area contributed by atoms with Crippen molar-refractivity contribution in [3.05, 3.63) is 64.1 Å². The Balaban J connectivity index is 1.34. The van der Waals surface area contributed by atoms with Crippen LogP contribution in [0, 0.1) is 5.41 Å². The number of benzene rings is 1. The summed E-state index contributed by atoms with van der Waals surface area (Å²) in [5, 5.41) is 10.9. The van der Waals surface area contributed by atoms with Crippen LogP contribution in [0.1, 0.15) is 41.3 Å². The second-order valence-corrected chi connectivity index (χ2v) is 10.6. The van der Waals surface area contributed by atoms with Crippen molar-refractivity contribution in [2.45, 2.75) is 48.0 Å². The molecule has 2 aliphatic rings. The van der Waals surface area contributed by atoms with Gasteiger partial charge < -0.3 is 21.5 Å². The molecule has 190 valence electrons. The van der Waals surface area contributed by atoms with E-state index >= 15 is 0 Å². The van der Waals surface area contributed by atoms with E-state index < -0.39 is 23.2 Å². The number of aliphatic hydroxyl groups is 1. The first-order chi connectivity index (χ1) is 17.1. The molecule has 1 aromatic carbocycles. The zero-order valence-corrected chi connectivity index (χ0v) is 20.7. The molecule has 0 radical (unpaired) electrons. The van der Waals surface area contributed by atoms with Gasteiger partial charge in [-0.05, 0) is 47.9 Å². The first-order valence-corrected chi connectivity index (χ1v) is 12.6. The third kappa shape index (κ3) is 4.38. The Labute approximate surface area is 215 Å². The van der Waals surface area contributed by atoms with E-state index in [2.05, 4.69) is 15.0 Å². The van der Waals surface area contributed by atoms with Gasteiger partial charge in [-0.2, -0.15) is 13.2 Å². The molecule has 12 heteroatoms. The van der Waals surface area contributed by atoms with Gasteiger partial charge in [0.1, 0.15) is 16.5 Å². The summed E-state index contributed by atoms with van der Waals surface area (Å²) in [6.07, 6.45) is 0.441. The number of rotatable bonds is 4. The van der Waals surface area contributed by atoms with Crippen LogP contribution in [0.15, 0.2) is 46.6 Å². The maximum Gasteiger partial charge on any atom is 0.416 e. The molecule has 1 fully saturated rings. The van der Waals surface area contributed by atoms with Crippen molar-refractivity contribution in [1.82, 2.24) is 15.0 Å². The van der Waals surface area contributed by atoms with Crippen LogP contribution in [0.2, 0.25) is 5.02 Å². The number of halogens is 4. The predicted octanol–water partition coefficient (Wildman–Crippen LogP) is 4.61. The van der Waals surface area contributed by atoms with Crippen molar-refractivity contribution in [3.63, 3.8) is 0 Å². The molecule has 5 rings (SSSR count). The standard InChI is InChI=1S/C24H24ClF3N6OS/c25-19-16(4-7-31-21(19)30)36-17-11-32-22(15(12-35)33-17)34-8-5-23(6-9-34)10-13-2-1-3-14(24(26,27)28)18(13)20(23)29/h1-4,7,11,20,35H,5-6,8-10,12,29H2,(H2,30,31)/t20-/m1/s1. The van der Waals surface area contributed by atoms with Crippen LogP contribution in [0.3, 0.4) is 0 Å². The first-order valence-electron chi connectivity index (χ1n) is 11.4. The summed E-state index contributed by atoms with van der Waals surface area (Å²) >= 11 is 7.48. The minimum absolute atomic E-state index is 0.213. The Kier molecular flexibility index (Phi) is 6.52. The Morgan fingerprint density at radius 2 is 1.94 bits per heavy atom. The molecule has 1 spiro atoms. The Hall–Kier alpha value is -2.60. The van der Waals surface area contributed by atoms with Crippen molar-refractivity contribution in [3.8, 4) is 0 Å². The van der Waals surface area contributed by atoms with E-state index in [1.54, 1.807) is 24.5 Å². The van der Waals surface area contributed by atoms with E-state index in [4.69, 9.17) is 23.1 Å². The van der Waals surface area contributed by atoms with Gasteiger partial charge in [-0.3, -0.25) is 0 Å². The average molecular weight is 537 g/mol. The highest BCUT2D eigenvalue weighted by atomic mass is 35.5. The second kappa shape index (κ2) is 9.37. The van der Waals surface area contributed by atoms with E-state index in [1.165, 1.54) is 17.8 Å². The van der Waals surface area contributed by atoms with E-state index in [-0.39, 0.29) is 18.0 Å². The summed E-state index contributed by atoms with van der Waals surface area (Å²) in [5.74, 6) is 0.766. The molecule has 0 bridgehead atoms. The van der Waals surface area contributed by atoms with E-state index in [1.807, 2.05) is 4.90 Å². The second-order valence-electron chi connectivity index (χ2n) is 9.13. The quantitative estimate of drug-likeness (QED) is 0.443. The molecule has 3 heterocycles. The normalized spacial score (nSPS) is 19.1. The smallest absolute Gasteiger partial charge is 0.390 e. The third-order valence-corrected chi connectivity index (χ3v) is 8.59. The largest absolute Gasteiger partial charge is 0.416 e. The molecule has 7 nitrogen and oxygen atoms in total. The lowest BCUT2D eigenvalue weighted by Gasteiger charge is -2.43. The maximum atomic E-state index is 13.6. The first kappa shape index (κ1) is 25.1. The number of aliphatic hydroxyl groups excluding tert-OH is 1. The topological polar surface area (TPSA) is 114 Å². The van der Waals surface area contributed by atoms with E-state index in [0.717, 1.165) is 6.07 Å². The van der Waals surface area contributed by atoms with Crippen LogP contribution in [0.25, 0.3) is 0 Å². The van der Waals surface area contributed by atoms with Gasteiger partial charge in [0.05, 0.1) is 23.4 Å². The summed E-state index contributed by atoms with van der Waals surface area (Å²) in [7, 11) is 0. The monoisotopic (exact) mass is 536 g/mol. The van der Waals surface area contributed by atoms with Crippen molar-refractivity contribution in [2.75, 3.05) is 23.7 Å². The Bertz CT molecular complexity index is 1300. The Morgan fingerprint density at radius 1 is 1.19 bits per heavy atom. The molecule has 2 aromatic heterocycles. The fraction of sp³-hybridized carbons (Fsp3) is 0.375. The van der Waals surface area contributed by atoms with Crippen LogP contribution in [0.5, 0.6) is 0 Å². The number of nitrogens with two attached hydrogens (primary N) is 2. The van der Waals surface area contributed by atoms with E-state index in [0.29, 0.717) is 64.4 Å². The number of hydrogen-bond acceptors (Lipinski definition) is 8. The zero-order valence-electron chi connectivity index (χ0n) is 19.1. The summed E-state index contributed by atoms with van der Waals surface area (Å²) in [4.78, 5) is 15.7. The molecule has 1 aliphatic heterocycles. The molecule has 0 unspecified atom stereocenters. The average Bonchev–Trinajstić information content (AvgIpc) is 3.13. The minimum Gasteiger partial charge on any atom is -0.390 e. The fourth-order valence-electron chi connectivity index (χ4n) is 5.28. The molecule has 0 amide bonds. The molecule has 5 N–H and O–H groups in total.